The summed E-state index contributed by atoms with van der Waals surface area (Å²) in [6.07, 6.45) is 2.48. The van der Waals surface area contributed by atoms with Crippen molar-refractivity contribution in [2.24, 2.45) is 0 Å². The number of aromatic nitrogens is 3. The van der Waals surface area contributed by atoms with Crippen molar-refractivity contribution in [2.45, 2.75) is 0 Å². The van der Waals surface area contributed by atoms with Gasteiger partial charge in [0.15, 0.2) is 0 Å². The highest BCUT2D eigenvalue weighted by Crippen LogP contribution is 2.14. The van der Waals surface area contributed by atoms with Crippen LogP contribution in [0, 0.1) is 12.1 Å². The zero-order valence-electron chi connectivity index (χ0n) is 6.90. The van der Waals surface area contributed by atoms with Crippen molar-refractivity contribution in [1.29, 1.82) is 0 Å². The lowest BCUT2D eigenvalue weighted by Gasteiger charge is -2.27. The van der Waals surface area contributed by atoms with E-state index in [-0.39, 0.29) is 5.69 Å². The minimum atomic E-state index is -0.628. The molecule has 13 heavy (non-hydrogen) atoms. The Kier molecular flexibility index (Phi) is 2.31. The van der Waals surface area contributed by atoms with Crippen molar-refractivity contribution in [2.75, 3.05) is 31.2 Å². The zero-order chi connectivity index (χ0) is 9.10. The van der Waals surface area contributed by atoms with Crippen LogP contribution in [0.25, 0.3) is 0 Å². The molecule has 69 valence electrons. The smallest absolute Gasteiger partial charge is 0.260 e. The van der Waals surface area contributed by atoms with Crippen LogP contribution in [-0.4, -0.2) is 41.7 Å². The van der Waals surface area contributed by atoms with Crippen LogP contribution in [0.5, 0.6) is 0 Å². The van der Waals surface area contributed by atoms with Crippen LogP contribution in [-0.2, 0) is 4.74 Å². The lowest BCUT2D eigenvalue weighted by Crippen LogP contribution is -2.37. The highest BCUT2D eigenvalue weighted by atomic mass is 19.1. The average molecular weight is 183 g/mol. The first-order chi connectivity index (χ1) is 6.38. The predicted molar refractivity (Wildman–Crippen MR) is 41.7 cm³/mol. The molecule has 1 aliphatic rings. The Morgan fingerprint density at radius 2 is 2.15 bits per heavy atom. The number of anilines is 1. The zero-order valence-corrected chi connectivity index (χ0v) is 6.90. The molecule has 0 atom stereocenters. The molecule has 6 heteroatoms. The molecule has 0 bridgehead atoms. The monoisotopic (exact) mass is 183 g/mol. The van der Waals surface area contributed by atoms with Crippen molar-refractivity contribution in [3.63, 3.8) is 0 Å². The third-order valence-electron chi connectivity index (χ3n) is 1.86. The number of nitrogens with zero attached hydrogens (tertiary/aromatic N) is 4. The molecule has 1 saturated heterocycles. The Hall–Kier alpha value is -1.30. The normalized spacial score (nSPS) is 17.5. The fourth-order valence-electron chi connectivity index (χ4n) is 1.21. The summed E-state index contributed by atoms with van der Waals surface area (Å²) in [4.78, 5) is 1.79. The quantitative estimate of drug-likeness (QED) is 0.595. The standard InChI is InChI=1S/C7H8FN4O/c8-7-6(5-9-11-10-7)12-1-3-13-4-2-12/h1-4H2. The van der Waals surface area contributed by atoms with Crippen molar-refractivity contribution in [3.8, 4) is 0 Å². The van der Waals surface area contributed by atoms with Gasteiger partial charge in [0, 0.05) is 13.1 Å². The molecule has 5 nitrogen and oxygen atoms in total. The summed E-state index contributed by atoms with van der Waals surface area (Å²) in [7, 11) is 0. The van der Waals surface area contributed by atoms with Gasteiger partial charge in [0.25, 0.3) is 5.95 Å². The summed E-state index contributed by atoms with van der Waals surface area (Å²) in [6, 6.07) is 0. The number of ether oxygens (including phenoxy) is 1. The van der Waals surface area contributed by atoms with E-state index in [0.717, 1.165) is 0 Å². The van der Waals surface area contributed by atoms with Crippen molar-refractivity contribution < 1.29 is 9.13 Å². The van der Waals surface area contributed by atoms with E-state index in [0.29, 0.717) is 26.3 Å². The maximum atomic E-state index is 13.0. The summed E-state index contributed by atoms with van der Waals surface area (Å²) in [5.41, 5.74) is 0.276. The second-order valence-electron chi connectivity index (χ2n) is 2.64. The van der Waals surface area contributed by atoms with Crippen molar-refractivity contribution in [3.05, 3.63) is 12.1 Å². The third kappa shape index (κ3) is 1.72. The van der Waals surface area contributed by atoms with Crippen LogP contribution in [0.3, 0.4) is 0 Å². The predicted octanol–water partition coefficient (Wildman–Crippen LogP) is -0.353. The van der Waals surface area contributed by atoms with Gasteiger partial charge >= 0.3 is 0 Å². The Morgan fingerprint density at radius 1 is 1.38 bits per heavy atom. The van der Waals surface area contributed by atoms with E-state index < -0.39 is 5.95 Å². The van der Waals surface area contributed by atoms with E-state index in [9.17, 15) is 4.39 Å². The maximum Gasteiger partial charge on any atom is 0.260 e. The summed E-state index contributed by atoms with van der Waals surface area (Å²) in [6.45, 7) is 2.47. The summed E-state index contributed by atoms with van der Waals surface area (Å²) < 4.78 is 18.2. The highest BCUT2D eigenvalue weighted by molar-refractivity contribution is 5.41. The van der Waals surface area contributed by atoms with Gasteiger partial charge in [-0.1, -0.05) is 5.10 Å². The van der Waals surface area contributed by atoms with Gasteiger partial charge in [-0.2, -0.15) is 4.39 Å². The van der Waals surface area contributed by atoms with Gasteiger partial charge in [-0.3, -0.25) is 0 Å². The molecule has 0 spiro atoms. The fourth-order valence-corrected chi connectivity index (χ4v) is 1.21. The molecule has 1 aliphatic heterocycles. The highest BCUT2D eigenvalue weighted by Gasteiger charge is 2.16. The van der Waals surface area contributed by atoms with Crippen molar-refractivity contribution >= 4 is 5.69 Å². The van der Waals surface area contributed by atoms with Crippen LogP contribution in [0.1, 0.15) is 0 Å². The SMILES string of the molecule is Fc1nnn[c]c1N1CCOCC1. The molecule has 0 amide bonds. The molecule has 1 aromatic rings. The number of hydrogen-bond donors (Lipinski definition) is 0. The minimum absolute atomic E-state index is 0.276. The van der Waals surface area contributed by atoms with Crippen LogP contribution in [0.15, 0.2) is 0 Å². The van der Waals surface area contributed by atoms with Crippen LogP contribution in [0.2, 0.25) is 0 Å². The summed E-state index contributed by atoms with van der Waals surface area (Å²) >= 11 is 0. The molecule has 1 fully saturated rings. The van der Waals surface area contributed by atoms with Gasteiger partial charge in [-0.15, -0.1) is 5.10 Å². The van der Waals surface area contributed by atoms with Gasteiger partial charge in [0.2, 0.25) is 0 Å². The van der Waals surface area contributed by atoms with E-state index in [4.69, 9.17) is 4.74 Å². The van der Waals surface area contributed by atoms with E-state index in [1.54, 1.807) is 4.90 Å². The van der Waals surface area contributed by atoms with E-state index in [1.165, 1.54) is 0 Å². The summed E-state index contributed by atoms with van der Waals surface area (Å²) in [5, 5.41) is 9.78. The Balaban J connectivity index is 2.18. The number of morpholine rings is 1. The van der Waals surface area contributed by atoms with Gasteiger partial charge < -0.3 is 9.64 Å². The lowest BCUT2D eigenvalue weighted by molar-refractivity contribution is 0.122. The van der Waals surface area contributed by atoms with Gasteiger partial charge in [-0.25, -0.2) is 0 Å². The van der Waals surface area contributed by atoms with E-state index >= 15 is 0 Å². The molecular weight excluding hydrogens is 175 g/mol. The molecular formula is C7H8FN4O. The molecule has 0 N–H and O–H groups in total. The van der Waals surface area contributed by atoms with Gasteiger partial charge in [0.05, 0.1) is 13.2 Å². The molecule has 2 rings (SSSR count). The molecule has 0 aromatic carbocycles. The largest absolute Gasteiger partial charge is 0.378 e. The molecule has 2 heterocycles. The number of halogens is 1. The topological polar surface area (TPSA) is 51.1 Å². The Labute approximate surface area is 74.5 Å². The van der Waals surface area contributed by atoms with Crippen LogP contribution in [0.4, 0.5) is 10.1 Å². The van der Waals surface area contributed by atoms with Gasteiger partial charge in [-0.05, 0) is 5.21 Å². The molecule has 1 aromatic heterocycles. The molecule has 0 aliphatic carbocycles. The molecule has 0 saturated carbocycles. The second kappa shape index (κ2) is 3.61. The van der Waals surface area contributed by atoms with Crippen LogP contribution < -0.4 is 4.90 Å². The lowest BCUT2D eigenvalue weighted by atomic mass is 10.4. The van der Waals surface area contributed by atoms with E-state index in [1.807, 2.05) is 0 Å². The van der Waals surface area contributed by atoms with Crippen molar-refractivity contribution in [1.82, 2.24) is 15.4 Å². The first-order valence-electron chi connectivity index (χ1n) is 3.97. The first kappa shape index (κ1) is 8.31. The second-order valence-corrected chi connectivity index (χ2v) is 2.64. The number of hydrogen-bond acceptors (Lipinski definition) is 5. The maximum absolute atomic E-state index is 13.0. The Bertz CT molecular complexity index is 290. The van der Waals surface area contributed by atoms with Gasteiger partial charge in [0.1, 0.15) is 11.9 Å². The first-order valence-corrected chi connectivity index (χ1v) is 3.97. The minimum Gasteiger partial charge on any atom is -0.378 e. The molecule has 1 radical (unpaired) electrons. The van der Waals surface area contributed by atoms with E-state index in [2.05, 4.69) is 21.6 Å². The average Bonchev–Trinajstić information content (AvgIpc) is 2.20. The Morgan fingerprint density at radius 3 is 2.85 bits per heavy atom. The fraction of sp³-hybridized carbons (Fsp3) is 0.571. The number of rotatable bonds is 1. The van der Waals surface area contributed by atoms with Crippen LogP contribution >= 0.6 is 0 Å². The summed E-state index contributed by atoms with van der Waals surface area (Å²) in [5.74, 6) is -0.628. The molecule has 0 unspecified atom stereocenters. The third-order valence-corrected chi connectivity index (χ3v) is 1.86.